The number of hydrogen-bond donors (Lipinski definition) is 3. The first-order valence-electron chi connectivity index (χ1n) is 11.2. The number of carbonyl (C=O) groups excluding carboxylic acids is 3. The first kappa shape index (κ1) is 26.0. The van der Waals surface area contributed by atoms with E-state index in [-0.39, 0.29) is 45.7 Å². The lowest BCUT2D eigenvalue weighted by atomic mass is 9.95. The summed E-state index contributed by atoms with van der Waals surface area (Å²) in [6.07, 6.45) is 6.40. The van der Waals surface area contributed by atoms with Crippen molar-refractivity contribution in [2.45, 2.75) is 64.8 Å². The van der Waals surface area contributed by atoms with Gasteiger partial charge in [-0.05, 0) is 30.9 Å². The Bertz CT molecular complexity index is 1030. The minimum absolute atomic E-state index is 0.00805. The van der Waals surface area contributed by atoms with E-state index in [1.165, 1.54) is 10.9 Å². The molecule has 1 aromatic carbocycles. The van der Waals surface area contributed by atoms with Gasteiger partial charge in [0.2, 0.25) is 0 Å². The van der Waals surface area contributed by atoms with Gasteiger partial charge in [-0.3, -0.25) is 14.4 Å². The molecule has 2 aromatic rings. The zero-order valence-corrected chi connectivity index (χ0v) is 20.7. The topological polar surface area (TPSA) is 128 Å². The van der Waals surface area contributed by atoms with Crippen LogP contribution in [0.5, 0.6) is 0 Å². The molecule has 184 valence electrons. The number of amides is 2. The molecule has 11 heteroatoms. The monoisotopic (exact) mass is 509 g/mol. The Kier molecular flexibility index (Phi) is 8.93. The fourth-order valence-electron chi connectivity index (χ4n) is 3.65. The van der Waals surface area contributed by atoms with E-state index in [9.17, 15) is 14.4 Å². The van der Waals surface area contributed by atoms with Gasteiger partial charge in [0.05, 0.1) is 27.5 Å². The number of anilines is 1. The van der Waals surface area contributed by atoms with Gasteiger partial charge in [0.25, 0.3) is 11.8 Å². The van der Waals surface area contributed by atoms with Gasteiger partial charge in [0, 0.05) is 6.04 Å². The second kappa shape index (κ2) is 11.7. The Hall–Kier alpha value is -2.62. The molecule has 2 amide bonds. The van der Waals surface area contributed by atoms with Crippen molar-refractivity contribution >= 4 is 46.7 Å². The van der Waals surface area contributed by atoms with Gasteiger partial charge in [0.1, 0.15) is 6.04 Å². The molecule has 9 nitrogen and oxygen atoms in total. The van der Waals surface area contributed by atoms with Crippen LogP contribution in [0.2, 0.25) is 10.0 Å². The van der Waals surface area contributed by atoms with E-state index >= 15 is 0 Å². The van der Waals surface area contributed by atoms with Gasteiger partial charge in [-0.25, -0.2) is 4.68 Å². The summed E-state index contributed by atoms with van der Waals surface area (Å²) >= 11 is 12.3. The third-order valence-electron chi connectivity index (χ3n) is 5.68. The molecule has 1 atom stereocenters. The van der Waals surface area contributed by atoms with Crippen LogP contribution >= 0.6 is 23.2 Å². The number of aromatic nitrogens is 2. The lowest BCUT2D eigenvalue weighted by molar-refractivity contribution is -0.150. The van der Waals surface area contributed by atoms with Crippen LogP contribution in [-0.4, -0.2) is 39.6 Å². The molecule has 0 unspecified atom stereocenters. The van der Waals surface area contributed by atoms with E-state index in [0.29, 0.717) is 0 Å². The number of carbonyl (C=O) groups is 3. The Labute approximate surface area is 208 Å². The molecule has 1 aliphatic rings. The second-order valence-corrected chi connectivity index (χ2v) is 9.47. The van der Waals surface area contributed by atoms with E-state index < -0.39 is 23.8 Å². The SMILES string of the molecule is CC(C)[C@H](N)C(=O)OCn1cc(NC(=O)c2c(Cl)cccc2Cl)c(C(=O)NC2CCCCC2)n1. The average molecular weight is 510 g/mol. The molecule has 0 saturated heterocycles. The van der Waals surface area contributed by atoms with Gasteiger partial charge in [-0.15, -0.1) is 0 Å². The summed E-state index contributed by atoms with van der Waals surface area (Å²) in [6.45, 7) is 3.34. The summed E-state index contributed by atoms with van der Waals surface area (Å²) in [6, 6.07) is 3.96. The predicted octanol–water partition coefficient (Wildman–Crippen LogP) is 3.99. The smallest absolute Gasteiger partial charge is 0.324 e. The zero-order chi connectivity index (χ0) is 24.8. The molecule has 3 rings (SSSR count). The van der Waals surface area contributed by atoms with Crippen molar-refractivity contribution in [1.29, 1.82) is 0 Å². The molecule has 4 N–H and O–H groups in total. The lowest BCUT2D eigenvalue weighted by Gasteiger charge is -2.22. The minimum atomic E-state index is -0.786. The number of nitrogens with zero attached hydrogens (tertiary/aromatic N) is 2. The number of nitrogens with two attached hydrogens (primary N) is 1. The fourth-order valence-corrected chi connectivity index (χ4v) is 4.21. The van der Waals surface area contributed by atoms with Gasteiger partial charge in [-0.2, -0.15) is 5.10 Å². The van der Waals surface area contributed by atoms with Crippen molar-refractivity contribution in [2.24, 2.45) is 11.7 Å². The number of halogens is 2. The van der Waals surface area contributed by atoms with Crippen LogP contribution < -0.4 is 16.4 Å². The number of esters is 1. The molecule has 0 bridgehead atoms. The number of ether oxygens (including phenoxy) is 1. The van der Waals surface area contributed by atoms with Crippen LogP contribution in [0, 0.1) is 5.92 Å². The largest absolute Gasteiger partial charge is 0.441 e. The molecular formula is C23H29Cl2N5O4. The average Bonchev–Trinajstić information content (AvgIpc) is 3.20. The maximum Gasteiger partial charge on any atom is 0.324 e. The Balaban J connectivity index is 1.82. The van der Waals surface area contributed by atoms with Gasteiger partial charge in [-0.1, -0.05) is 62.4 Å². The molecule has 1 aliphatic carbocycles. The molecule has 1 saturated carbocycles. The van der Waals surface area contributed by atoms with Crippen molar-refractivity contribution in [3.63, 3.8) is 0 Å². The van der Waals surface area contributed by atoms with Crippen molar-refractivity contribution in [3.05, 3.63) is 45.7 Å². The highest BCUT2D eigenvalue weighted by molar-refractivity contribution is 6.40. The van der Waals surface area contributed by atoms with E-state index in [2.05, 4.69) is 15.7 Å². The first-order chi connectivity index (χ1) is 16.2. The maximum absolute atomic E-state index is 13.0. The molecule has 0 radical (unpaired) electrons. The minimum Gasteiger partial charge on any atom is -0.441 e. The normalized spacial score (nSPS) is 15.1. The van der Waals surface area contributed by atoms with E-state index in [1.54, 1.807) is 32.0 Å². The maximum atomic E-state index is 13.0. The lowest BCUT2D eigenvalue weighted by Crippen LogP contribution is -2.37. The van der Waals surface area contributed by atoms with E-state index in [0.717, 1.165) is 32.1 Å². The number of benzene rings is 1. The summed E-state index contributed by atoms with van der Waals surface area (Å²) in [5.41, 5.74) is 6.02. The van der Waals surface area contributed by atoms with Crippen LogP contribution in [0.25, 0.3) is 0 Å². The van der Waals surface area contributed by atoms with E-state index in [1.807, 2.05) is 0 Å². The van der Waals surface area contributed by atoms with E-state index in [4.69, 9.17) is 33.7 Å². The molecule has 1 aromatic heterocycles. The van der Waals surface area contributed by atoms with Gasteiger partial charge < -0.3 is 21.1 Å². The number of hydrogen-bond acceptors (Lipinski definition) is 6. The predicted molar refractivity (Wildman–Crippen MR) is 130 cm³/mol. The Morgan fingerprint density at radius 1 is 1.15 bits per heavy atom. The van der Waals surface area contributed by atoms with Crippen LogP contribution in [-0.2, 0) is 16.3 Å². The zero-order valence-electron chi connectivity index (χ0n) is 19.1. The number of nitrogens with one attached hydrogen (secondary N) is 2. The van der Waals surface area contributed by atoms with Gasteiger partial charge in [0.15, 0.2) is 12.4 Å². The highest BCUT2D eigenvalue weighted by Gasteiger charge is 2.25. The Morgan fingerprint density at radius 2 is 1.79 bits per heavy atom. The molecule has 1 fully saturated rings. The van der Waals surface area contributed by atoms with Crippen molar-refractivity contribution in [2.75, 3.05) is 5.32 Å². The Morgan fingerprint density at radius 3 is 2.41 bits per heavy atom. The third kappa shape index (κ3) is 6.49. The van der Waals surface area contributed by atoms with Crippen molar-refractivity contribution < 1.29 is 19.1 Å². The highest BCUT2D eigenvalue weighted by atomic mass is 35.5. The van der Waals surface area contributed by atoms with Crippen LogP contribution in [0.15, 0.2) is 24.4 Å². The van der Waals surface area contributed by atoms with Gasteiger partial charge >= 0.3 is 5.97 Å². The summed E-state index contributed by atoms with van der Waals surface area (Å²) in [7, 11) is 0. The third-order valence-corrected chi connectivity index (χ3v) is 6.31. The van der Waals surface area contributed by atoms with Crippen molar-refractivity contribution in [1.82, 2.24) is 15.1 Å². The van der Waals surface area contributed by atoms with Crippen LogP contribution in [0.1, 0.15) is 66.8 Å². The second-order valence-electron chi connectivity index (χ2n) is 8.65. The first-order valence-corrected chi connectivity index (χ1v) is 12.0. The molecular weight excluding hydrogens is 481 g/mol. The molecule has 0 aliphatic heterocycles. The summed E-state index contributed by atoms with van der Waals surface area (Å²) < 4.78 is 6.48. The summed E-state index contributed by atoms with van der Waals surface area (Å²) in [5.74, 6) is -1.72. The standard InChI is InChI=1S/C23H29Cl2N5O4/c1-13(2)19(26)23(33)34-12-30-11-17(28-21(31)18-15(24)9-6-10-16(18)25)20(29-30)22(32)27-14-7-4-3-5-8-14/h6,9-11,13-14,19H,3-5,7-8,12,26H2,1-2H3,(H,27,32)(H,28,31)/t19-/m0/s1. The molecule has 1 heterocycles. The fraction of sp³-hybridized carbons (Fsp3) is 0.478. The van der Waals surface area contributed by atoms with Crippen molar-refractivity contribution in [3.8, 4) is 0 Å². The summed E-state index contributed by atoms with van der Waals surface area (Å²) in [4.78, 5) is 38.0. The van der Waals surface area contributed by atoms with Crippen LogP contribution in [0.3, 0.4) is 0 Å². The highest BCUT2D eigenvalue weighted by Crippen LogP contribution is 2.26. The quantitative estimate of drug-likeness (QED) is 0.461. The molecule has 34 heavy (non-hydrogen) atoms. The number of rotatable bonds is 8. The van der Waals surface area contributed by atoms with Crippen LogP contribution in [0.4, 0.5) is 5.69 Å². The summed E-state index contributed by atoms with van der Waals surface area (Å²) in [5, 5.41) is 10.2. The molecule has 0 spiro atoms.